The van der Waals surface area contributed by atoms with Gasteiger partial charge >= 0.3 is 5.97 Å². The summed E-state index contributed by atoms with van der Waals surface area (Å²) in [5, 5.41) is 20.6. The van der Waals surface area contributed by atoms with Crippen LogP contribution in [0.1, 0.15) is 29.3 Å². The quantitative estimate of drug-likeness (QED) is 0.843. The Labute approximate surface area is 126 Å². The fourth-order valence-electron chi connectivity index (χ4n) is 1.55. The van der Waals surface area contributed by atoms with Crippen LogP contribution in [0.2, 0.25) is 0 Å². The molecule has 1 atom stereocenters. The molecule has 0 spiro atoms. The van der Waals surface area contributed by atoms with Gasteiger partial charge in [0.2, 0.25) is 5.91 Å². The van der Waals surface area contributed by atoms with Crippen LogP contribution < -0.4 is 5.32 Å². The zero-order chi connectivity index (χ0) is 15.3. The van der Waals surface area contributed by atoms with Crippen LogP contribution in [0.3, 0.4) is 0 Å². The number of carbonyl (C=O) groups is 2. The van der Waals surface area contributed by atoms with Crippen molar-refractivity contribution in [3.05, 3.63) is 16.0 Å². The third-order valence-electron chi connectivity index (χ3n) is 2.81. The molecular formula is C13H16N2O3S2. The summed E-state index contributed by atoms with van der Waals surface area (Å²) in [4.78, 5) is 23.7. The molecule has 1 amide bonds. The molecule has 20 heavy (non-hydrogen) atoms. The lowest BCUT2D eigenvalue weighted by Gasteiger charge is -2.09. The number of aliphatic carboxylic acids is 1. The van der Waals surface area contributed by atoms with Gasteiger partial charge in [0.1, 0.15) is 16.3 Å². The van der Waals surface area contributed by atoms with E-state index >= 15 is 0 Å². The first-order valence-electron chi connectivity index (χ1n) is 6.05. The summed E-state index contributed by atoms with van der Waals surface area (Å²) < 4.78 is 0. The number of nitriles is 1. The van der Waals surface area contributed by atoms with E-state index < -0.39 is 11.2 Å². The van der Waals surface area contributed by atoms with Gasteiger partial charge < -0.3 is 10.4 Å². The molecule has 1 aromatic heterocycles. The van der Waals surface area contributed by atoms with Crippen molar-refractivity contribution in [3.63, 3.8) is 0 Å². The molecule has 1 rings (SSSR count). The van der Waals surface area contributed by atoms with E-state index in [4.69, 9.17) is 10.4 Å². The summed E-state index contributed by atoms with van der Waals surface area (Å²) in [6.07, 6.45) is 0.466. The molecule has 2 N–H and O–H groups in total. The third kappa shape index (κ3) is 3.99. The molecule has 0 saturated heterocycles. The van der Waals surface area contributed by atoms with Crippen LogP contribution in [0.15, 0.2) is 0 Å². The first-order valence-corrected chi connectivity index (χ1v) is 7.91. The molecule has 0 fully saturated rings. The number of hydrogen-bond acceptors (Lipinski definition) is 5. The highest BCUT2D eigenvalue weighted by Gasteiger charge is 2.19. The van der Waals surface area contributed by atoms with Gasteiger partial charge in [-0.25, -0.2) is 0 Å². The number of nitrogens with zero attached hydrogens (tertiary/aromatic N) is 1. The predicted molar refractivity (Wildman–Crippen MR) is 81.3 cm³/mol. The summed E-state index contributed by atoms with van der Waals surface area (Å²) in [6, 6.07) is 2.08. The van der Waals surface area contributed by atoms with Gasteiger partial charge in [-0.2, -0.15) is 5.26 Å². The number of hydrogen-bond donors (Lipinski definition) is 2. The first-order chi connectivity index (χ1) is 9.40. The van der Waals surface area contributed by atoms with Crippen molar-refractivity contribution in [1.82, 2.24) is 0 Å². The number of rotatable bonds is 6. The van der Waals surface area contributed by atoms with Crippen LogP contribution in [0.5, 0.6) is 0 Å². The molecule has 1 aromatic rings. The Kier molecular flexibility index (Phi) is 6.05. The lowest BCUT2D eigenvalue weighted by molar-refractivity contribution is -0.136. The smallest absolute Gasteiger partial charge is 0.316 e. The monoisotopic (exact) mass is 312 g/mol. The van der Waals surface area contributed by atoms with Crippen LogP contribution in [0.4, 0.5) is 5.00 Å². The molecule has 0 aliphatic carbocycles. The van der Waals surface area contributed by atoms with Crippen molar-refractivity contribution in [2.45, 2.75) is 32.4 Å². The highest BCUT2D eigenvalue weighted by atomic mass is 32.2. The fraction of sp³-hybridized carbons (Fsp3) is 0.462. The van der Waals surface area contributed by atoms with Gasteiger partial charge in [0.05, 0.1) is 11.3 Å². The van der Waals surface area contributed by atoms with Crippen LogP contribution in [-0.4, -0.2) is 28.0 Å². The average Bonchev–Trinajstić information content (AvgIpc) is 2.64. The minimum atomic E-state index is -0.911. The molecular weight excluding hydrogens is 296 g/mol. The molecule has 0 radical (unpaired) electrons. The molecule has 0 aliphatic rings. The van der Waals surface area contributed by atoms with Crippen molar-refractivity contribution in [2.24, 2.45) is 0 Å². The van der Waals surface area contributed by atoms with Crippen LogP contribution in [-0.2, 0) is 9.59 Å². The Morgan fingerprint density at radius 2 is 2.15 bits per heavy atom. The maximum Gasteiger partial charge on any atom is 0.316 e. The number of thioether (sulfide) groups is 1. The minimum Gasteiger partial charge on any atom is -0.480 e. The number of carboxylic acids is 1. The van der Waals surface area contributed by atoms with Crippen molar-refractivity contribution in [2.75, 3.05) is 11.1 Å². The van der Waals surface area contributed by atoms with Gasteiger partial charge in [0.15, 0.2) is 0 Å². The minimum absolute atomic E-state index is 0.0612. The van der Waals surface area contributed by atoms with E-state index in [1.807, 2.05) is 13.8 Å². The van der Waals surface area contributed by atoms with E-state index in [2.05, 4.69) is 11.4 Å². The number of anilines is 1. The highest BCUT2D eigenvalue weighted by molar-refractivity contribution is 8.01. The molecule has 0 aliphatic heterocycles. The number of carboxylic acid groups (broad SMARTS) is 1. The number of nitrogens with one attached hydrogen (secondary N) is 1. The van der Waals surface area contributed by atoms with E-state index in [1.54, 1.807) is 6.92 Å². The van der Waals surface area contributed by atoms with Gasteiger partial charge in [0.25, 0.3) is 0 Å². The molecule has 7 heteroatoms. The van der Waals surface area contributed by atoms with E-state index in [0.29, 0.717) is 17.0 Å². The van der Waals surface area contributed by atoms with E-state index in [9.17, 15) is 9.59 Å². The molecule has 108 valence electrons. The van der Waals surface area contributed by atoms with Crippen molar-refractivity contribution < 1.29 is 14.7 Å². The Hall–Kier alpha value is -1.52. The van der Waals surface area contributed by atoms with Crippen LogP contribution >= 0.6 is 23.1 Å². The molecule has 1 unspecified atom stereocenters. The normalized spacial score (nSPS) is 11.7. The Bertz CT molecular complexity index is 561. The largest absolute Gasteiger partial charge is 0.480 e. The molecule has 0 saturated carbocycles. The maximum absolute atomic E-state index is 11.8. The second-order valence-electron chi connectivity index (χ2n) is 4.19. The van der Waals surface area contributed by atoms with Crippen LogP contribution in [0, 0.1) is 25.2 Å². The van der Waals surface area contributed by atoms with Crippen molar-refractivity contribution in [1.29, 1.82) is 5.26 Å². The summed E-state index contributed by atoms with van der Waals surface area (Å²) in [5.41, 5.74) is 1.36. The zero-order valence-corrected chi connectivity index (χ0v) is 13.2. The first kappa shape index (κ1) is 16.5. The standard InChI is InChI=1S/C13H16N2O3S2/c1-4-10(13(17)18)19-6-11(16)15-12-9(5-14)7(2)8(3)20-12/h10H,4,6H2,1-3H3,(H,15,16)(H,17,18). The molecule has 5 nitrogen and oxygen atoms in total. The Balaban J connectivity index is 2.66. The second-order valence-corrected chi connectivity index (χ2v) is 6.61. The average molecular weight is 312 g/mol. The van der Waals surface area contributed by atoms with E-state index in [0.717, 1.165) is 22.2 Å². The van der Waals surface area contributed by atoms with Gasteiger partial charge in [-0.05, 0) is 25.8 Å². The Morgan fingerprint density at radius 1 is 1.50 bits per heavy atom. The van der Waals surface area contributed by atoms with Crippen molar-refractivity contribution >= 4 is 40.0 Å². The van der Waals surface area contributed by atoms with Gasteiger partial charge in [-0.15, -0.1) is 23.1 Å². The van der Waals surface area contributed by atoms with Gasteiger partial charge in [-0.3, -0.25) is 9.59 Å². The summed E-state index contributed by atoms with van der Waals surface area (Å²) in [7, 11) is 0. The third-order valence-corrected chi connectivity index (χ3v) is 5.30. The lowest BCUT2D eigenvalue weighted by Crippen LogP contribution is -2.20. The zero-order valence-electron chi connectivity index (χ0n) is 11.5. The van der Waals surface area contributed by atoms with E-state index in [-0.39, 0.29) is 11.7 Å². The summed E-state index contributed by atoms with van der Waals surface area (Å²) >= 11 is 2.45. The maximum atomic E-state index is 11.8. The molecule has 0 aromatic carbocycles. The van der Waals surface area contributed by atoms with Gasteiger partial charge in [0, 0.05) is 4.88 Å². The lowest BCUT2D eigenvalue weighted by atomic mass is 10.2. The SMILES string of the molecule is CCC(SCC(=O)Nc1sc(C)c(C)c1C#N)C(=O)O. The molecule has 0 bridgehead atoms. The number of amides is 1. The molecule has 1 heterocycles. The number of aryl methyl sites for hydroxylation is 1. The van der Waals surface area contributed by atoms with Crippen molar-refractivity contribution in [3.8, 4) is 6.07 Å². The number of carbonyl (C=O) groups excluding carboxylic acids is 1. The van der Waals surface area contributed by atoms with Crippen LogP contribution in [0.25, 0.3) is 0 Å². The number of thiophene rings is 1. The predicted octanol–water partition coefficient (Wildman–Crippen LogP) is 2.77. The summed E-state index contributed by atoms with van der Waals surface area (Å²) in [6.45, 7) is 5.50. The van der Waals surface area contributed by atoms with Gasteiger partial charge in [-0.1, -0.05) is 6.92 Å². The van der Waals surface area contributed by atoms with E-state index in [1.165, 1.54) is 11.3 Å². The highest BCUT2D eigenvalue weighted by Crippen LogP contribution is 2.31. The fourth-order valence-corrected chi connectivity index (χ4v) is 3.38. The Morgan fingerprint density at radius 3 is 2.65 bits per heavy atom. The topological polar surface area (TPSA) is 90.2 Å². The second kappa shape index (κ2) is 7.31. The summed E-state index contributed by atoms with van der Waals surface area (Å²) in [5.74, 6) is -1.13.